The number of ether oxygens (including phenoxy) is 2. The maximum absolute atomic E-state index is 12.4. The van der Waals surface area contributed by atoms with Crippen LogP contribution in [-0.4, -0.2) is 25.8 Å². The van der Waals surface area contributed by atoms with Gasteiger partial charge in [-0.3, -0.25) is 4.79 Å². The summed E-state index contributed by atoms with van der Waals surface area (Å²) in [6.45, 7) is 3.74. The Hall–Kier alpha value is -1.35. The first kappa shape index (κ1) is 11.7. The van der Waals surface area contributed by atoms with E-state index in [1.807, 2.05) is 37.3 Å². The fourth-order valence-corrected chi connectivity index (χ4v) is 3.45. The van der Waals surface area contributed by atoms with Gasteiger partial charge in [0.05, 0.1) is 13.2 Å². The van der Waals surface area contributed by atoms with E-state index in [9.17, 15) is 4.79 Å². The average molecular weight is 246 g/mol. The number of esters is 1. The van der Waals surface area contributed by atoms with Crippen LogP contribution in [0.5, 0.6) is 0 Å². The monoisotopic (exact) mass is 246 g/mol. The second kappa shape index (κ2) is 4.39. The van der Waals surface area contributed by atoms with Crippen molar-refractivity contribution >= 4 is 5.97 Å². The Labute approximate surface area is 107 Å². The van der Waals surface area contributed by atoms with E-state index >= 15 is 0 Å². The summed E-state index contributed by atoms with van der Waals surface area (Å²) < 4.78 is 10.8. The second-order valence-electron chi connectivity index (χ2n) is 5.03. The van der Waals surface area contributed by atoms with Gasteiger partial charge >= 0.3 is 5.97 Å². The Balaban J connectivity index is 1.98. The molecule has 0 amide bonds. The van der Waals surface area contributed by atoms with Crippen LogP contribution in [0.25, 0.3) is 0 Å². The predicted molar refractivity (Wildman–Crippen MR) is 67.2 cm³/mol. The molecule has 1 aliphatic carbocycles. The maximum Gasteiger partial charge on any atom is 0.317 e. The lowest BCUT2D eigenvalue weighted by Gasteiger charge is -2.16. The molecule has 1 unspecified atom stereocenters. The molecule has 0 aromatic heterocycles. The van der Waals surface area contributed by atoms with Gasteiger partial charge in [0.2, 0.25) is 0 Å². The highest BCUT2D eigenvalue weighted by molar-refractivity contribution is 5.88. The number of fused-ring (bicyclic) bond motifs is 1. The molecule has 1 aliphatic heterocycles. The summed E-state index contributed by atoms with van der Waals surface area (Å²) in [6.07, 6.45) is 0.957. The summed E-state index contributed by atoms with van der Waals surface area (Å²) in [6, 6.07) is 10.0. The van der Waals surface area contributed by atoms with Crippen molar-refractivity contribution in [1.29, 1.82) is 0 Å². The van der Waals surface area contributed by atoms with E-state index in [1.165, 1.54) is 0 Å². The van der Waals surface area contributed by atoms with E-state index in [0.29, 0.717) is 25.0 Å². The third-order valence-corrected chi connectivity index (χ3v) is 4.28. The Bertz CT molecular complexity index is 428. The molecule has 3 rings (SSSR count). The van der Waals surface area contributed by atoms with Gasteiger partial charge in [-0.05, 0) is 24.8 Å². The van der Waals surface area contributed by atoms with Gasteiger partial charge in [-0.25, -0.2) is 0 Å². The smallest absolute Gasteiger partial charge is 0.317 e. The topological polar surface area (TPSA) is 35.5 Å². The molecule has 0 radical (unpaired) electrons. The van der Waals surface area contributed by atoms with E-state index in [0.717, 1.165) is 18.6 Å². The van der Waals surface area contributed by atoms with Gasteiger partial charge in [-0.15, -0.1) is 0 Å². The number of rotatable bonds is 3. The SMILES string of the molecule is CCOC(=O)[C@]1(c2ccccc2)C2CCOC[C@H]21. The van der Waals surface area contributed by atoms with E-state index < -0.39 is 5.41 Å². The molecule has 1 saturated heterocycles. The Morgan fingerprint density at radius 2 is 2.17 bits per heavy atom. The zero-order valence-electron chi connectivity index (χ0n) is 10.6. The van der Waals surface area contributed by atoms with Gasteiger partial charge in [0.25, 0.3) is 0 Å². The molecule has 2 aliphatic rings. The van der Waals surface area contributed by atoms with Crippen molar-refractivity contribution < 1.29 is 14.3 Å². The Morgan fingerprint density at radius 3 is 2.78 bits per heavy atom. The first-order chi connectivity index (χ1) is 8.81. The molecule has 0 bridgehead atoms. The Morgan fingerprint density at radius 1 is 1.39 bits per heavy atom. The van der Waals surface area contributed by atoms with Gasteiger partial charge in [-0.2, -0.15) is 0 Å². The van der Waals surface area contributed by atoms with E-state index in [-0.39, 0.29) is 5.97 Å². The van der Waals surface area contributed by atoms with Gasteiger partial charge in [0.15, 0.2) is 0 Å². The first-order valence-electron chi connectivity index (χ1n) is 6.62. The lowest BCUT2D eigenvalue weighted by atomic mass is 9.91. The summed E-state index contributed by atoms with van der Waals surface area (Å²) >= 11 is 0. The zero-order valence-corrected chi connectivity index (χ0v) is 10.6. The summed E-state index contributed by atoms with van der Waals surface area (Å²) in [5.74, 6) is 0.622. The van der Waals surface area contributed by atoms with Crippen molar-refractivity contribution in [2.75, 3.05) is 19.8 Å². The lowest BCUT2D eigenvalue weighted by molar-refractivity contribution is -0.147. The average Bonchev–Trinajstić information content (AvgIpc) is 3.10. The molecule has 1 saturated carbocycles. The van der Waals surface area contributed by atoms with Crippen LogP contribution in [0.1, 0.15) is 18.9 Å². The van der Waals surface area contributed by atoms with Crippen LogP contribution in [0.3, 0.4) is 0 Å². The molecule has 0 N–H and O–H groups in total. The molecule has 1 aromatic carbocycles. The molecule has 2 fully saturated rings. The Kier molecular flexibility index (Phi) is 2.86. The van der Waals surface area contributed by atoms with Crippen molar-refractivity contribution in [2.24, 2.45) is 11.8 Å². The minimum absolute atomic E-state index is 0.0725. The number of carbonyl (C=O) groups is 1. The van der Waals surface area contributed by atoms with Crippen LogP contribution in [0.2, 0.25) is 0 Å². The van der Waals surface area contributed by atoms with Gasteiger partial charge < -0.3 is 9.47 Å². The number of hydrogen-bond acceptors (Lipinski definition) is 3. The predicted octanol–water partition coefficient (Wildman–Crippen LogP) is 2.15. The molecule has 3 atom stereocenters. The summed E-state index contributed by atoms with van der Waals surface area (Å²) in [7, 11) is 0. The summed E-state index contributed by atoms with van der Waals surface area (Å²) in [5, 5.41) is 0. The second-order valence-corrected chi connectivity index (χ2v) is 5.03. The van der Waals surface area contributed by atoms with Crippen molar-refractivity contribution in [2.45, 2.75) is 18.8 Å². The van der Waals surface area contributed by atoms with Crippen LogP contribution in [0, 0.1) is 11.8 Å². The normalized spacial score (nSPS) is 33.6. The molecule has 96 valence electrons. The van der Waals surface area contributed by atoms with Crippen LogP contribution in [-0.2, 0) is 19.7 Å². The fraction of sp³-hybridized carbons (Fsp3) is 0.533. The standard InChI is InChI=1S/C15H18O3/c1-2-18-14(16)15(11-6-4-3-5-7-11)12-8-9-17-10-13(12)15/h3-7,12-13H,2,8-10H2,1H3/t12?,13-,15-/m1/s1. The fourth-order valence-electron chi connectivity index (χ4n) is 3.45. The molecule has 1 aromatic rings. The zero-order chi connectivity index (χ0) is 12.6. The molecule has 0 spiro atoms. The van der Waals surface area contributed by atoms with Crippen molar-refractivity contribution in [1.82, 2.24) is 0 Å². The lowest BCUT2D eigenvalue weighted by Crippen LogP contribution is -2.27. The highest BCUT2D eigenvalue weighted by Crippen LogP contribution is 2.63. The first-order valence-corrected chi connectivity index (χ1v) is 6.62. The third kappa shape index (κ3) is 1.50. The van der Waals surface area contributed by atoms with E-state index in [2.05, 4.69) is 0 Å². The quantitative estimate of drug-likeness (QED) is 0.767. The van der Waals surface area contributed by atoms with Crippen LogP contribution in [0.4, 0.5) is 0 Å². The molecular weight excluding hydrogens is 228 g/mol. The molecule has 3 heteroatoms. The molecular formula is C15H18O3. The van der Waals surface area contributed by atoms with Crippen molar-refractivity contribution in [3.63, 3.8) is 0 Å². The van der Waals surface area contributed by atoms with Crippen LogP contribution in [0.15, 0.2) is 30.3 Å². The minimum atomic E-state index is -0.437. The third-order valence-electron chi connectivity index (χ3n) is 4.28. The minimum Gasteiger partial charge on any atom is -0.465 e. The number of benzene rings is 1. The molecule has 3 nitrogen and oxygen atoms in total. The van der Waals surface area contributed by atoms with E-state index in [4.69, 9.17) is 9.47 Å². The number of hydrogen-bond donors (Lipinski definition) is 0. The summed E-state index contributed by atoms with van der Waals surface area (Å²) in [5.41, 5.74) is 0.650. The van der Waals surface area contributed by atoms with Crippen molar-refractivity contribution in [3.05, 3.63) is 35.9 Å². The molecule has 1 heterocycles. The van der Waals surface area contributed by atoms with Gasteiger partial charge in [0, 0.05) is 12.5 Å². The number of carbonyl (C=O) groups excluding carboxylic acids is 1. The van der Waals surface area contributed by atoms with E-state index in [1.54, 1.807) is 0 Å². The summed E-state index contributed by atoms with van der Waals surface area (Å²) in [4.78, 5) is 12.4. The highest BCUT2D eigenvalue weighted by Gasteiger charge is 2.71. The highest BCUT2D eigenvalue weighted by atomic mass is 16.5. The van der Waals surface area contributed by atoms with Crippen LogP contribution < -0.4 is 0 Å². The van der Waals surface area contributed by atoms with Gasteiger partial charge in [0.1, 0.15) is 5.41 Å². The molecule has 18 heavy (non-hydrogen) atoms. The van der Waals surface area contributed by atoms with Crippen LogP contribution >= 0.6 is 0 Å². The maximum atomic E-state index is 12.4. The van der Waals surface area contributed by atoms with Crippen molar-refractivity contribution in [3.8, 4) is 0 Å². The largest absolute Gasteiger partial charge is 0.465 e. The van der Waals surface area contributed by atoms with Gasteiger partial charge in [-0.1, -0.05) is 30.3 Å².